The van der Waals surface area contributed by atoms with E-state index in [1.54, 1.807) is 13.0 Å². The number of hydrogen-bond donors (Lipinski definition) is 0. The molecule has 1 saturated carbocycles. The quantitative estimate of drug-likeness (QED) is 0.752. The number of ether oxygens (including phenoxy) is 1. The molecule has 1 aliphatic rings. The second-order valence-electron chi connectivity index (χ2n) is 5.33. The molecule has 2 atom stereocenters. The first-order valence-electron chi connectivity index (χ1n) is 6.35. The molecule has 0 amide bonds. The van der Waals surface area contributed by atoms with E-state index in [0.29, 0.717) is 11.5 Å². The van der Waals surface area contributed by atoms with Crippen LogP contribution < -0.4 is 0 Å². The summed E-state index contributed by atoms with van der Waals surface area (Å²) in [5.41, 5.74) is 0.705. The zero-order valence-corrected chi connectivity index (χ0v) is 11.1. The fraction of sp³-hybridized carbons (Fsp3) is 0.533. The third kappa shape index (κ3) is 1.92. The Morgan fingerprint density at radius 1 is 1.50 bits per heavy atom. The number of esters is 1. The highest BCUT2D eigenvalue weighted by Gasteiger charge is 2.47. The molecule has 1 aromatic carbocycles. The molecule has 0 aliphatic heterocycles. The first-order chi connectivity index (χ1) is 8.51. The summed E-state index contributed by atoms with van der Waals surface area (Å²) < 4.78 is 18.7. The highest BCUT2D eigenvalue weighted by molar-refractivity contribution is 5.84. The van der Waals surface area contributed by atoms with E-state index in [0.717, 1.165) is 24.8 Å². The molecule has 0 spiro atoms. The number of rotatable bonds is 2. The summed E-state index contributed by atoms with van der Waals surface area (Å²) in [6, 6.07) is 4.96. The van der Waals surface area contributed by atoms with E-state index >= 15 is 0 Å². The maximum absolute atomic E-state index is 13.7. The maximum Gasteiger partial charge on any atom is 0.316 e. The van der Waals surface area contributed by atoms with Gasteiger partial charge in [0.2, 0.25) is 0 Å². The van der Waals surface area contributed by atoms with Gasteiger partial charge in [-0.25, -0.2) is 4.39 Å². The Kier molecular flexibility index (Phi) is 3.42. The van der Waals surface area contributed by atoms with Gasteiger partial charge >= 0.3 is 5.97 Å². The number of benzene rings is 1. The molecule has 3 heteroatoms. The van der Waals surface area contributed by atoms with Crippen molar-refractivity contribution < 1.29 is 13.9 Å². The second kappa shape index (κ2) is 4.71. The van der Waals surface area contributed by atoms with Crippen molar-refractivity contribution in [2.75, 3.05) is 7.11 Å². The van der Waals surface area contributed by atoms with E-state index in [-0.39, 0.29) is 11.8 Å². The Morgan fingerprint density at radius 3 is 2.78 bits per heavy atom. The lowest BCUT2D eigenvalue weighted by atomic mass is 9.76. The van der Waals surface area contributed by atoms with Gasteiger partial charge in [0, 0.05) is 0 Å². The Bertz CT molecular complexity index is 470. The monoisotopic (exact) mass is 250 g/mol. The van der Waals surface area contributed by atoms with Gasteiger partial charge in [0.15, 0.2) is 0 Å². The van der Waals surface area contributed by atoms with Gasteiger partial charge in [-0.05, 0) is 49.3 Å². The van der Waals surface area contributed by atoms with Crippen LogP contribution in [-0.2, 0) is 14.9 Å². The predicted octanol–water partition coefficient (Wildman–Crippen LogP) is 3.36. The van der Waals surface area contributed by atoms with Gasteiger partial charge in [0.1, 0.15) is 5.82 Å². The fourth-order valence-corrected chi connectivity index (χ4v) is 3.15. The van der Waals surface area contributed by atoms with Gasteiger partial charge < -0.3 is 4.74 Å². The minimum atomic E-state index is -0.652. The van der Waals surface area contributed by atoms with Gasteiger partial charge in [-0.2, -0.15) is 0 Å². The summed E-state index contributed by atoms with van der Waals surface area (Å²) in [5, 5.41) is 0. The van der Waals surface area contributed by atoms with E-state index in [4.69, 9.17) is 4.74 Å². The zero-order valence-electron chi connectivity index (χ0n) is 11.1. The SMILES string of the molecule is COC(=O)[C@@]1(c2cccc(F)c2C)CC[C@@H](C)C1. The van der Waals surface area contributed by atoms with Crippen molar-refractivity contribution in [1.82, 2.24) is 0 Å². The molecule has 2 rings (SSSR count). The molecule has 0 aromatic heterocycles. The third-order valence-electron chi connectivity index (χ3n) is 4.12. The van der Waals surface area contributed by atoms with Crippen LogP contribution in [0.15, 0.2) is 18.2 Å². The third-order valence-corrected chi connectivity index (χ3v) is 4.12. The van der Waals surface area contributed by atoms with Crippen molar-refractivity contribution in [2.45, 2.75) is 38.5 Å². The van der Waals surface area contributed by atoms with Crippen LogP contribution in [0.4, 0.5) is 4.39 Å². The lowest BCUT2D eigenvalue weighted by Gasteiger charge is -2.28. The smallest absolute Gasteiger partial charge is 0.316 e. The predicted molar refractivity (Wildman–Crippen MR) is 67.8 cm³/mol. The maximum atomic E-state index is 13.7. The molecule has 0 heterocycles. The summed E-state index contributed by atoms with van der Waals surface area (Å²) in [7, 11) is 1.40. The fourth-order valence-electron chi connectivity index (χ4n) is 3.15. The van der Waals surface area contributed by atoms with Crippen LogP contribution in [0.1, 0.15) is 37.3 Å². The second-order valence-corrected chi connectivity index (χ2v) is 5.33. The summed E-state index contributed by atoms with van der Waals surface area (Å²) in [4.78, 5) is 12.2. The van der Waals surface area contributed by atoms with Crippen LogP contribution >= 0.6 is 0 Å². The average molecular weight is 250 g/mol. The average Bonchev–Trinajstić information content (AvgIpc) is 2.75. The molecule has 1 aromatic rings. The molecule has 0 bridgehead atoms. The van der Waals surface area contributed by atoms with Crippen molar-refractivity contribution in [3.8, 4) is 0 Å². The molecule has 0 N–H and O–H groups in total. The van der Waals surface area contributed by atoms with Crippen LogP contribution in [0.25, 0.3) is 0 Å². The molecular formula is C15H19FO2. The van der Waals surface area contributed by atoms with Crippen LogP contribution in [0, 0.1) is 18.7 Å². The van der Waals surface area contributed by atoms with Gasteiger partial charge in [-0.1, -0.05) is 19.1 Å². The van der Waals surface area contributed by atoms with Gasteiger partial charge in [0.05, 0.1) is 12.5 Å². The number of halogens is 1. The summed E-state index contributed by atoms with van der Waals surface area (Å²) in [5.74, 6) is -0.0253. The Morgan fingerprint density at radius 2 is 2.22 bits per heavy atom. The van der Waals surface area contributed by atoms with E-state index in [9.17, 15) is 9.18 Å². The van der Waals surface area contributed by atoms with Gasteiger partial charge in [-0.15, -0.1) is 0 Å². The molecule has 1 fully saturated rings. The van der Waals surface area contributed by atoms with E-state index in [2.05, 4.69) is 6.92 Å². The van der Waals surface area contributed by atoms with Crippen molar-refractivity contribution in [3.63, 3.8) is 0 Å². The molecular weight excluding hydrogens is 231 g/mol. The lowest BCUT2D eigenvalue weighted by Crippen LogP contribution is -2.35. The van der Waals surface area contributed by atoms with Crippen LogP contribution in [-0.4, -0.2) is 13.1 Å². The first-order valence-corrected chi connectivity index (χ1v) is 6.35. The Balaban J connectivity index is 2.54. The minimum absolute atomic E-state index is 0.236. The number of hydrogen-bond acceptors (Lipinski definition) is 2. The summed E-state index contributed by atoms with van der Waals surface area (Å²) in [6.07, 6.45) is 2.46. The zero-order chi connectivity index (χ0) is 13.3. The van der Waals surface area contributed by atoms with Crippen LogP contribution in [0.5, 0.6) is 0 Å². The number of carbonyl (C=O) groups is 1. The van der Waals surface area contributed by atoms with E-state index in [1.165, 1.54) is 13.2 Å². The molecule has 1 aliphatic carbocycles. The minimum Gasteiger partial charge on any atom is -0.468 e. The molecule has 0 saturated heterocycles. The number of carbonyl (C=O) groups excluding carboxylic acids is 1. The Hall–Kier alpha value is -1.38. The van der Waals surface area contributed by atoms with Gasteiger partial charge in [-0.3, -0.25) is 4.79 Å². The first kappa shape index (κ1) is 13.1. The molecule has 2 nitrogen and oxygen atoms in total. The normalized spacial score (nSPS) is 27.2. The van der Waals surface area contributed by atoms with Crippen molar-refractivity contribution >= 4 is 5.97 Å². The molecule has 18 heavy (non-hydrogen) atoms. The van der Waals surface area contributed by atoms with Crippen molar-refractivity contribution in [3.05, 3.63) is 35.1 Å². The van der Waals surface area contributed by atoms with Crippen LogP contribution in [0.2, 0.25) is 0 Å². The summed E-state index contributed by atoms with van der Waals surface area (Å²) >= 11 is 0. The standard InChI is InChI=1S/C15H19FO2/c1-10-7-8-15(9-10,14(17)18-3)12-5-4-6-13(16)11(12)2/h4-6,10H,7-9H2,1-3H3/t10-,15+/m1/s1. The lowest BCUT2D eigenvalue weighted by molar-refractivity contribution is -0.147. The highest BCUT2D eigenvalue weighted by atomic mass is 19.1. The molecule has 0 unspecified atom stereocenters. The molecule has 98 valence electrons. The van der Waals surface area contributed by atoms with Crippen molar-refractivity contribution in [1.29, 1.82) is 0 Å². The van der Waals surface area contributed by atoms with E-state index in [1.807, 2.05) is 6.07 Å². The van der Waals surface area contributed by atoms with Crippen LogP contribution in [0.3, 0.4) is 0 Å². The highest BCUT2D eigenvalue weighted by Crippen LogP contribution is 2.46. The summed E-state index contributed by atoms with van der Waals surface area (Å²) in [6.45, 7) is 3.86. The number of methoxy groups -OCH3 is 1. The Labute approximate surface area is 107 Å². The topological polar surface area (TPSA) is 26.3 Å². The van der Waals surface area contributed by atoms with Gasteiger partial charge in [0.25, 0.3) is 0 Å². The van der Waals surface area contributed by atoms with E-state index < -0.39 is 5.41 Å². The van der Waals surface area contributed by atoms with Crippen molar-refractivity contribution in [2.24, 2.45) is 5.92 Å². The molecule has 0 radical (unpaired) electrons. The largest absolute Gasteiger partial charge is 0.468 e.